The summed E-state index contributed by atoms with van der Waals surface area (Å²) in [6, 6.07) is 18.9. The maximum atomic E-state index is 11.5. The van der Waals surface area contributed by atoms with Crippen molar-refractivity contribution in [1.82, 2.24) is 14.8 Å². The highest BCUT2D eigenvalue weighted by Crippen LogP contribution is 2.26. The van der Waals surface area contributed by atoms with Gasteiger partial charge in [-0.05, 0) is 38.2 Å². The topological polar surface area (TPSA) is 63.3 Å². The molecule has 1 amide bonds. The predicted molar refractivity (Wildman–Crippen MR) is 110 cm³/mol. The number of benzene rings is 2. The Morgan fingerprint density at radius 1 is 1.11 bits per heavy atom. The van der Waals surface area contributed by atoms with E-state index >= 15 is 0 Å². The van der Waals surface area contributed by atoms with Crippen LogP contribution in [0.1, 0.15) is 22.9 Å². The average molecular weight is 364 g/mol. The zero-order chi connectivity index (χ0) is 19.4. The van der Waals surface area contributed by atoms with Crippen molar-refractivity contribution in [3.8, 4) is 0 Å². The molecule has 0 aliphatic carbocycles. The second-order valence-corrected chi connectivity index (χ2v) is 7.24. The molecular weight excluding hydrogens is 336 g/mol. The Morgan fingerprint density at radius 2 is 1.78 bits per heavy atom. The van der Waals surface area contributed by atoms with Crippen LogP contribution < -0.4 is 11.1 Å². The van der Waals surface area contributed by atoms with Gasteiger partial charge in [0.2, 0.25) is 5.91 Å². The predicted octanol–water partition coefficient (Wildman–Crippen LogP) is 2.83. The highest BCUT2D eigenvalue weighted by Gasteiger charge is 2.17. The second kappa shape index (κ2) is 8.37. The van der Waals surface area contributed by atoms with Crippen molar-refractivity contribution in [1.29, 1.82) is 0 Å². The molecule has 1 heterocycles. The van der Waals surface area contributed by atoms with Gasteiger partial charge in [0, 0.05) is 35.7 Å². The number of nitrogens with zero attached hydrogens (tertiary/aromatic N) is 2. The maximum Gasteiger partial charge on any atom is 0.237 e. The fourth-order valence-electron chi connectivity index (χ4n) is 3.65. The molecule has 3 N–H and O–H groups in total. The quantitative estimate of drug-likeness (QED) is 0.646. The summed E-state index contributed by atoms with van der Waals surface area (Å²) in [4.78, 5) is 13.7. The van der Waals surface area contributed by atoms with Crippen LogP contribution in [0.5, 0.6) is 0 Å². The van der Waals surface area contributed by atoms with Crippen molar-refractivity contribution in [2.24, 2.45) is 5.73 Å². The van der Waals surface area contributed by atoms with Crippen molar-refractivity contribution in [2.45, 2.75) is 26.1 Å². The Bertz CT molecular complexity index is 915. The minimum Gasteiger partial charge on any atom is -0.368 e. The van der Waals surface area contributed by atoms with Crippen LogP contribution in [0.15, 0.2) is 54.6 Å². The number of carbonyl (C=O) groups is 1. The highest BCUT2D eigenvalue weighted by molar-refractivity contribution is 5.87. The molecule has 2 aromatic carbocycles. The number of nitrogens with two attached hydrogens (primary N) is 1. The van der Waals surface area contributed by atoms with Gasteiger partial charge in [0.1, 0.15) is 6.54 Å². The van der Waals surface area contributed by atoms with Gasteiger partial charge < -0.3 is 20.5 Å². The number of hydrogen-bond donors (Lipinski definition) is 2. The monoisotopic (exact) mass is 364 g/mol. The van der Waals surface area contributed by atoms with E-state index < -0.39 is 0 Å². The van der Waals surface area contributed by atoms with Crippen LogP contribution in [0, 0.1) is 6.92 Å². The van der Waals surface area contributed by atoms with Gasteiger partial charge in [-0.25, -0.2) is 0 Å². The van der Waals surface area contributed by atoms with Gasteiger partial charge in [-0.15, -0.1) is 0 Å². The van der Waals surface area contributed by atoms with E-state index in [1.54, 1.807) is 0 Å². The molecule has 0 bridgehead atoms. The lowest BCUT2D eigenvalue weighted by Gasteiger charge is -2.23. The summed E-state index contributed by atoms with van der Waals surface area (Å²) >= 11 is 0. The molecule has 142 valence electrons. The molecule has 3 rings (SSSR count). The van der Waals surface area contributed by atoms with Crippen molar-refractivity contribution >= 4 is 16.8 Å². The first-order valence-electron chi connectivity index (χ1n) is 9.25. The SMILES string of the molecule is Cc1c(CN[C@@H](CN(C)C)c2ccccc2)c2ccccc2n1CC(N)=O. The summed E-state index contributed by atoms with van der Waals surface area (Å²) in [5.74, 6) is -0.326. The second-order valence-electron chi connectivity index (χ2n) is 7.24. The lowest BCUT2D eigenvalue weighted by atomic mass is 10.1. The van der Waals surface area contributed by atoms with E-state index in [1.165, 1.54) is 16.5 Å². The molecule has 0 aliphatic rings. The number of nitrogens with one attached hydrogen (secondary N) is 1. The van der Waals surface area contributed by atoms with Crippen molar-refractivity contribution in [3.05, 3.63) is 71.4 Å². The van der Waals surface area contributed by atoms with Crippen LogP contribution in [-0.2, 0) is 17.9 Å². The Morgan fingerprint density at radius 3 is 2.44 bits per heavy atom. The number of carbonyl (C=O) groups excluding carboxylic acids is 1. The van der Waals surface area contributed by atoms with E-state index in [1.807, 2.05) is 28.8 Å². The molecule has 1 atom stereocenters. The summed E-state index contributed by atoms with van der Waals surface area (Å²) < 4.78 is 2.01. The molecule has 3 aromatic rings. The van der Waals surface area contributed by atoms with Crippen LogP contribution >= 0.6 is 0 Å². The van der Waals surface area contributed by atoms with E-state index in [2.05, 4.69) is 61.6 Å². The number of primary amides is 1. The fourth-order valence-corrected chi connectivity index (χ4v) is 3.65. The number of fused-ring (bicyclic) bond motifs is 1. The van der Waals surface area contributed by atoms with Crippen LogP contribution in [0.4, 0.5) is 0 Å². The molecule has 0 spiro atoms. The summed E-state index contributed by atoms with van der Waals surface area (Å²) in [7, 11) is 4.17. The molecule has 0 fully saturated rings. The third-order valence-corrected chi connectivity index (χ3v) is 4.95. The number of rotatable bonds is 8. The van der Waals surface area contributed by atoms with Crippen molar-refractivity contribution < 1.29 is 4.79 Å². The zero-order valence-corrected chi connectivity index (χ0v) is 16.3. The standard InChI is InChI=1S/C22H28N4O/c1-16-19(18-11-7-8-12-21(18)26(16)15-22(23)27)13-24-20(14-25(2)3)17-9-5-4-6-10-17/h4-12,20,24H,13-15H2,1-3H3,(H2,23,27)/t20-/m0/s1. The summed E-state index contributed by atoms with van der Waals surface area (Å²) in [5, 5.41) is 4.88. The normalized spacial score (nSPS) is 12.6. The van der Waals surface area contributed by atoms with Gasteiger partial charge in [0.05, 0.1) is 0 Å². The summed E-state index contributed by atoms with van der Waals surface area (Å²) in [6.45, 7) is 3.89. The molecule has 0 radical (unpaired) electrons. The number of para-hydroxylation sites is 1. The number of amides is 1. The molecule has 27 heavy (non-hydrogen) atoms. The van der Waals surface area contributed by atoms with Gasteiger partial charge in [-0.1, -0.05) is 48.5 Å². The van der Waals surface area contributed by atoms with Crippen molar-refractivity contribution in [2.75, 3.05) is 20.6 Å². The molecule has 0 unspecified atom stereocenters. The smallest absolute Gasteiger partial charge is 0.237 e. The molecule has 0 saturated heterocycles. The van der Waals surface area contributed by atoms with Crippen LogP contribution in [0.3, 0.4) is 0 Å². The number of aromatic nitrogens is 1. The number of hydrogen-bond acceptors (Lipinski definition) is 3. The third-order valence-electron chi connectivity index (χ3n) is 4.95. The van der Waals surface area contributed by atoms with E-state index in [9.17, 15) is 4.79 Å². The fraction of sp³-hybridized carbons (Fsp3) is 0.318. The largest absolute Gasteiger partial charge is 0.368 e. The van der Waals surface area contributed by atoms with Gasteiger partial charge in [-0.3, -0.25) is 4.79 Å². The Hall–Kier alpha value is -2.63. The number of likely N-dealkylation sites (N-methyl/N-ethyl adjacent to an activating group) is 1. The lowest BCUT2D eigenvalue weighted by Crippen LogP contribution is -2.31. The first-order chi connectivity index (χ1) is 13.0. The molecule has 5 nitrogen and oxygen atoms in total. The Labute approximate surface area is 160 Å². The van der Waals surface area contributed by atoms with Gasteiger partial charge in [0.25, 0.3) is 0 Å². The van der Waals surface area contributed by atoms with E-state index in [4.69, 9.17) is 5.73 Å². The highest BCUT2D eigenvalue weighted by atomic mass is 16.1. The van der Waals surface area contributed by atoms with Crippen LogP contribution in [0.2, 0.25) is 0 Å². The lowest BCUT2D eigenvalue weighted by molar-refractivity contribution is -0.118. The minimum absolute atomic E-state index is 0.201. The first kappa shape index (κ1) is 19.1. The van der Waals surface area contributed by atoms with Gasteiger partial charge in [0.15, 0.2) is 0 Å². The maximum absolute atomic E-state index is 11.5. The zero-order valence-electron chi connectivity index (χ0n) is 16.3. The summed E-state index contributed by atoms with van der Waals surface area (Å²) in [6.07, 6.45) is 0. The van der Waals surface area contributed by atoms with Crippen LogP contribution in [0.25, 0.3) is 10.9 Å². The van der Waals surface area contributed by atoms with Gasteiger partial charge >= 0.3 is 0 Å². The molecule has 0 aliphatic heterocycles. The molecule has 5 heteroatoms. The first-order valence-corrected chi connectivity index (χ1v) is 9.25. The van der Waals surface area contributed by atoms with Crippen LogP contribution in [-0.4, -0.2) is 36.0 Å². The molecule has 0 saturated carbocycles. The van der Waals surface area contributed by atoms with Crippen molar-refractivity contribution in [3.63, 3.8) is 0 Å². The molecule has 1 aromatic heterocycles. The minimum atomic E-state index is -0.326. The Balaban J connectivity index is 1.91. The van der Waals surface area contributed by atoms with E-state index in [-0.39, 0.29) is 18.5 Å². The summed E-state index contributed by atoms with van der Waals surface area (Å²) in [5.41, 5.74) is 10.1. The van der Waals surface area contributed by atoms with E-state index in [0.29, 0.717) is 0 Å². The third kappa shape index (κ3) is 4.38. The average Bonchev–Trinajstić information content (AvgIpc) is 2.90. The Kier molecular flexibility index (Phi) is 5.94. The van der Waals surface area contributed by atoms with Gasteiger partial charge in [-0.2, -0.15) is 0 Å². The molecular formula is C22H28N4O. The van der Waals surface area contributed by atoms with E-state index in [0.717, 1.165) is 24.3 Å².